The van der Waals surface area contributed by atoms with Gasteiger partial charge in [0.15, 0.2) is 0 Å². The Kier molecular flexibility index (Phi) is 7.55. The first-order valence-electron chi connectivity index (χ1n) is 9.47. The van der Waals surface area contributed by atoms with Gasteiger partial charge < -0.3 is 10.4 Å². The first-order valence-corrected chi connectivity index (χ1v) is 11.2. The van der Waals surface area contributed by atoms with E-state index in [4.69, 9.17) is 11.6 Å². The number of halogens is 1. The maximum absolute atomic E-state index is 12.6. The van der Waals surface area contributed by atoms with Crippen LogP contribution in [0.2, 0.25) is 5.02 Å². The second-order valence-electron chi connectivity index (χ2n) is 6.78. The van der Waals surface area contributed by atoms with Gasteiger partial charge in [0.2, 0.25) is 0 Å². The molecule has 3 aromatic carbocycles. The van der Waals surface area contributed by atoms with Crippen LogP contribution in [0.4, 0.5) is 0 Å². The Balaban J connectivity index is 1.83. The van der Waals surface area contributed by atoms with Gasteiger partial charge in [0.05, 0.1) is 0 Å². The highest BCUT2D eigenvalue weighted by Crippen LogP contribution is 2.31. The van der Waals surface area contributed by atoms with Crippen molar-refractivity contribution >= 4 is 35.2 Å². The van der Waals surface area contributed by atoms with Crippen molar-refractivity contribution in [2.45, 2.75) is 12.5 Å². The number of rotatable bonds is 8. The third kappa shape index (κ3) is 5.43. The van der Waals surface area contributed by atoms with Gasteiger partial charge >= 0.3 is 5.97 Å². The summed E-state index contributed by atoms with van der Waals surface area (Å²) >= 11 is 7.93. The predicted octanol–water partition coefficient (Wildman–Crippen LogP) is 5.61. The molecule has 1 atom stereocenters. The summed E-state index contributed by atoms with van der Waals surface area (Å²) in [5.41, 5.74) is 4.18. The number of hydrogen-bond acceptors (Lipinski definition) is 3. The van der Waals surface area contributed by atoms with Crippen LogP contribution < -0.4 is 5.32 Å². The lowest BCUT2D eigenvalue weighted by Crippen LogP contribution is -2.41. The van der Waals surface area contributed by atoms with Crippen molar-refractivity contribution in [2.75, 3.05) is 12.0 Å². The van der Waals surface area contributed by atoms with E-state index in [9.17, 15) is 14.7 Å². The molecule has 0 bridgehead atoms. The first-order chi connectivity index (χ1) is 14.5. The van der Waals surface area contributed by atoms with Crippen molar-refractivity contribution < 1.29 is 14.7 Å². The molecule has 0 unspecified atom stereocenters. The molecule has 0 fully saturated rings. The molecule has 0 aromatic heterocycles. The van der Waals surface area contributed by atoms with Crippen LogP contribution in [0.25, 0.3) is 22.3 Å². The molecule has 2 N–H and O–H groups in total. The molecular formula is C24H22ClNO3S. The molecule has 30 heavy (non-hydrogen) atoms. The Morgan fingerprint density at radius 1 is 0.967 bits per heavy atom. The summed E-state index contributed by atoms with van der Waals surface area (Å²) in [7, 11) is 0. The number of carboxylic acid groups (broad SMARTS) is 1. The number of carboxylic acids is 1. The predicted molar refractivity (Wildman–Crippen MR) is 124 cm³/mol. The number of hydrogen-bond donors (Lipinski definition) is 2. The van der Waals surface area contributed by atoms with E-state index < -0.39 is 17.9 Å². The van der Waals surface area contributed by atoms with Crippen LogP contribution in [0.15, 0.2) is 72.8 Å². The molecule has 3 rings (SSSR count). The SMILES string of the molecule is CSCC[C@@H](NC(=O)c1ccc(Cl)c(-c2ccc(-c3ccccc3)cc2)c1)C(=O)O. The number of thioether (sulfide) groups is 1. The zero-order valence-corrected chi connectivity index (χ0v) is 18.0. The summed E-state index contributed by atoms with van der Waals surface area (Å²) < 4.78 is 0. The fourth-order valence-electron chi connectivity index (χ4n) is 3.10. The monoisotopic (exact) mass is 439 g/mol. The maximum atomic E-state index is 12.6. The standard InChI is InChI=1S/C24H22ClNO3S/c1-30-14-13-22(24(28)29)26-23(27)19-11-12-21(25)20(15-19)18-9-7-17(8-10-18)16-5-3-2-4-6-16/h2-12,15,22H,13-14H2,1H3,(H,26,27)(H,28,29)/t22-/m1/s1. The number of nitrogens with one attached hydrogen (secondary N) is 1. The molecule has 1 amide bonds. The van der Waals surface area contributed by atoms with Gasteiger partial charge in [-0.05, 0) is 53.3 Å². The molecule has 0 aliphatic rings. The molecule has 0 aliphatic carbocycles. The van der Waals surface area contributed by atoms with E-state index in [1.165, 1.54) is 11.8 Å². The van der Waals surface area contributed by atoms with E-state index in [2.05, 4.69) is 5.32 Å². The lowest BCUT2D eigenvalue weighted by atomic mass is 9.99. The van der Waals surface area contributed by atoms with Gasteiger partial charge in [-0.25, -0.2) is 4.79 Å². The van der Waals surface area contributed by atoms with E-state index in [0.717, 1.165) is 22.3 Å². The molecule has 0 heterocycles. The largest absolute Gasteiger partial charge is 0.480 e. The van der Waals surface area contributed by atoms with E-state index in [1.54, 1.807) is 18.2 Å². The number of carbonyl (C=O) groups excluding carboxylic acids is 1. The molecular weight excluding hydrogens is 418 g/mol. The van der Waals surface area contributed by atoms with Gasteiger partial charge in [-0.15, -0.1) is 0 Å². The summed E-state index contributed by atoms with van der Waals surface area (Å²) in [5, 5.41) is 12.5. The van der Waals surface area contributed by atoms with E-state index in [-0.39, 0.29) is 0 Å². The highest BCUT2D eigenvalue weighted by atomic mass is 35.5. The highest BCUT2D eigenvalue weighted by molar-refractivity contribution is 7.98. The van der Waals surface area contributed by atoms with Crippen molar-refractivity contribution in [3.05, 3.63) is 83.4 Å². The van der Waals surface area contributed by atoms with E-state index >= 15 is 0 Å². The quantitative estimate of drug-likeness (QED) is 0.478. The molecule has 0 saturated carbocycles. The summed E-state index contributed by atoms with van der Waals surface area (Å²) in [6.07, 6.45) is 2.26. The second kappa shape index (κ2) is 10.3. The van der Waals surface area contributed by atoms with Gasteiger partial charge in [0.1, 0.15) is 6.04 Å². The number of benzene rings is 3. The number of carbonyl (C=O) groups is 2. The summed E-state index contributed by atoms with van der Waals surface area (Å²) in [5.74, 6) is -0.818. The Morgan fingerprint density at radius 3 is 2.23 bits per heavy atom. The second-order valence-corrected chi connectivity index (χ2v) is 8.18. The molecule has 154 valence electrons. The first kappa shape index (κ1) is 21.9. The highest BCUT2D eigenvalue weighted by Gasteiger charge is 2.20. The average molecular weight is 440 g/mol. The van der Waals surface area contributed by atoms with Crippen molar-refractivity contribution in [3.63, 3.8) is 0 Å². The van der Waals surface area contributed by atoms with Crippen LogP contribution in [0.3, 0.4) is 0 Å². The lowest BCUT2D eigenvalue weighted by molar-refractivity contribution is -0.139. The third-order valence-corrected chi connectivity index (χ3v) is 5.72. The summed E-state index contributed by atoms with van der Waals surface area (Å²) in [6.45, 7) is 0. The van der Waals surface area contributed by atoms with E-state index in [1.807, 2.05) is 60.9 Å². The molecule has 0 spiro atoms. The smallest absolute Gasteiger partial charge is 0.326 e. The minimum Gasteiger partial charge on any atom is -0.480 e. The van der Waals surface area contributed by atoms with Crippen LogP contribution in [-0.4, -0.2) is 35.0 Å². The summed E-state index contributed by atoms with van der Waals surface area (Å²) in [6, 6.07) is 22.0. The Bertz CT molecular complexity index is 1020. The van der Waals surface area contributed by atoms with Crippen molar-refractivity contribution in [2.24, 2.45) is 0 Å². The van der Waals surface area contributed by atoms with Crippen molar-refractivity contribution in [1.82, 2.24) is 5.32 Å². The number of amides is 1. The molecule has 4 nitrogen and oxygen atoms in total. The van der Waals surface area contributed by atoms with Crippen molar-refractivity contribution in [1.29, 1.82) is 0 Å². The molecule has 0 radical (unpaired) electrons. The molecule has 0 saturated heterocycles. The topological polar surface area (TPSA) is 66.4 Å². The van der Waals surface area contributed by atoms with Crippen LogP contribution in [0.1, 0.15) is 16.8 Å². The van der Waals surface area contributed by atoms with Gasteiger partial charge in [0.25, 0.3) is 5.91 Å². The van der Waals surface area contributed by atoms with Gasteiger partial charge in [-0.1, -0.05) is 66.2 Å². The average Bonchev–Trinajstić information content (AvgIpc) is 2.77. The third-order valence-electron chi connectivity index (χ3n) is 4.75. The van der Waals surface area contributed by atoms with Crippen LogP contribution >= 0.6 is 23.4 Å². The normalized spacial score (nSPS) is 11.7. The zero-order valence-electron chi connectivity index (χ0n) is 16.5. The van der Waals surface area contributed by atoms with E-state index in [0.29, 0.717) is 22.8 Å². The van der Waals surface area contributed by atoms with Gasteiger partial charge in [-0.2, -0.15) is 11.8 Å². The zero-order chi connectivity index (χ0) is 21.5. The van der Waals surface area contributed by atoms with Gasteiger partial charge in [-0.3, -0.25) is 4.79 Å². The maximum Gasteiger partial charge on any atom is 0.326 e. The minimum absolute atomic E-state index is 0.365. The molecule has 0 aliphatic heterocycles. The Morgan fingerprint density at radius 2 is 1.60 bits per heavy atom. The lowest BCUT2D eigenvalue weighted by Gasteiger charge is -2.15. The molecule has 3 aromatic rings. The van der Waals surface area contributed by atoms with Gasteiger partial charge in [0, 0.05) is 16.1 Å². The Labute approximate surface area is 185 Å². The minimum atomic E-state index is -1.04. The van der Waals surface area contributed by atoms with Crippen LogP contribution in [0, 0.1) is 0 Å². The molecule has 6 heteroatoms. The van der Waals surface area contributed by atoms with Crippen LogP contribution in [-0.2, 0) is 4.79 Å². The Hall–Kier alpha value is -2.76. The fourth-order valence-corrected chi connectivity index (χ4v) is 3.79. The van der Waals surface area contributed by atoms with Crippen LogP contribution in [0.5, 0.6) is 0 Å². The fraction of sp³-hybridized carbons (Fsp3) is 0.167. The van der Waals surface area contributed by atoms with Crippen molar-refractivity contribution in [3.8, 4) is 22.3 Å². The summed E-state index contributed by atoms with van der Waals surface area (Å²) in [4.78, 5) is 24.1. The number of aliphatic carboxylic acids is 1.